The molecule has 1 aliphatic rings. The van der Waals surface area contributed by atoms with Crippen molar-refractivity contribution >= 4 is 17.5 Å². The summed E-state index contributed by atoms with van der Waals surface area (Å²) >= 11 is 0. The molecular weight excluding hydrogens is 338 g/mol. The number of aromatic nitrogens is 3. The Morgan fingerprint density at radius 3 is 2.70 bits per heavy atom. The number of benzene rings is 1. The summed E-state index contributed by atoms with van der Waals surface area (Å²) < 4.78 is 0. The lowest BCUT2D eigenvalue weighted by Crippen LogP contribution is -2.28. The van der Waals surface area contributed by atoms with Crippen LogP contribution in [0.4, 0.5) is 11.6 Å². The van der Waals surface area contributed by atoms with Crippen molar-refractivity contribution in [2.45, 2.75) is 19.3 Å². The zero-order valence-electron chi connectivity index (χ0n) is 15.2. The van der Waals surface area contributed by atoms with E-state index in [-0.39, 0.29) is 11.8 Å². The van der Waals surface area contributed by atoms with E-state index >= 15 is 0 Å². The van der Waals surface area contributed by atoms with Crippen molar-refractivity contribution in [3.05, 3.63) is 77.9 Å². The lowest BCUT2D eigenvalue weighted by molar-refractivity contribution is 0.0790. The van der Waals surface area contributed by atoms with Gasteiger partial charge in [-0.15, -0.1) is 0 Å². The van der Waals surface area contributed by atoms with Crippen molar-refractivity contribution in [3.8, 4) is 0 Å². The molecule has 3 aromatic rings. The molecule has 1 atom stereocenters. The van der Waals surface area contributed by atoms with Gasteiger partial charge < -0.3 is 10.2 Å². The molecule has 1 aromatic carbocycles. The second kappa shape index (κ2) is 7.53. The number of amides is 1. The lowest BCUT2D eigenvalue weighted by Gasteiger charge is -2.16. The average molecular weight is 359 g/mol. The standard InChI is InChI=1S/C21H21N5O/c1-15-7-9-22-19(11-15)25-20-12-18(23-14-24-20)17-8-10-26(13-17)21(27)16-5-3-2-4-6-16/h2-7,9,11-12,14,17H,8,10,13H2,1H3,(H,22,23,24,25). The molecule has 2 aromatic heterocycles. The molecule has 3 heterocycles. The summed E-state index contributed by atoms with van der Waals surface area (Å²) in [5.41, 5.74) is 2.81. The molecule has 0 saturated carbocycles. The van der Waals surface area contributed by atoms with Gasteiger partial charge in [0.25, 0.3) is 5.91 Å². The number of nitrogens with one attached hydrogen (secondary N) is 1. The molecule has 1 fully saturated rings. The number of hydrogen-bond donors (Lipinski definition) is 1. The minimum atomic E-state index is 0.0782. The Morgan fingerprint density at radius 1 is 1.07 bits per heavy atom. The Morgan fingerprint density at radius 2 is 1.89 bits per heavy atom. The number of anilines is 2. The first kappa shape index (κ1) is 17.1. The Kier molecular flexibility index (Phi) is 4.78. The molecule has 1 amide bonds. The smallest absolute Gasteiger partial charge is 0.253 e. The maximum atomic E-state index is 12.6. The Balaban J connectivity index is 1.46. The summed E-state index contributed by atoms with van der Waals surface area (Å²) in [7, 11) is 0. The fraction of sp³-hybridized carbons (Fsp3) is 0.238. The van der Waals surface area contributed by atoms with Gasteiger partial charge >= 0.3 is 0 Å². The molecule has 1 saturated heterocycles. The van der Waals surface area contributed by atoms with Crippen molar-refractivity contribution in [3.63, 3.8) is 0 Å². The number of carbonyl (C=O) groups is 1. The number of carbonyl (C=O) groups excluding carboxylic acids is 1. The monoisotopic (exact) mass is 359 g/mol. The molecule has 27 heavy (non-hydrogen) atoms. The minimum Gasteiger partial charge on any atom is -0.338 e. The summed E-state index contributed by atoms with van der Waals surface area (Å²) in [5.74, 6) is 1.76. The Bertz CT molecular complexity index is 944. The third-order valence-electron chi connectivity index (χ3n) is 4.77. The van der Waals surface area contributed by atoms with Crippen LogP contribution in [-0.2, 0) is 0 Å². The SMILES string of the molecule is Cc1ccnc(Nc2cc(C3CCN(C(=O)c4ccccc4)C3)ncn2)c1. The highest BCUT2D eigenvalue weighted by Crippen LogP contribution is 2.28. The van der Waals surface area contributed by atoms with Gasteiger partial charge in [0.1, 0.15) is 18.0 Å². The van der Waals surface area contributed by atoms with Crippen LogP contribution in [0.3, 0.4) is 0 Å². The molecule has 0 radical (unpaired) electrons. The van der Waals surface area contributed by atoms with Gasteiger partial charge in [-0.25, -0.2) is 15.0 Å². The summed E-state index contributed by atoms with van der Waals surface area (Å²) in [6.07, 6.45) is 4.23. The second-order valence-electron chi connectivity index (χ2n) is 6.77. The molecule has 4 rings (SSSR count). The fourth-order valence-corrected chi connectivity index (χ4v) is 3.35. The Labute approximate surface area is 158 Å². The predicted molar refractivity (Wildman–Crippen MR) is 104 cm³/mol. The molecule has 6 nitrogen and oxygen atoms in total. The van der Waals surface area contributed by atoms with Crippen LogP contribution in [0.25, 0.3) is 0 Å². The molecule has 1 N–H and O–H groups in total. The third kappa shape index (κ3) is 3.95. The molecular formula is C21H21N5O. The van der Waals surface area contributed by atoms with E-state index < -0.39 is 0 Å². The van der Waals surface area contributed by atoms with Gasteiger partial charge in [-0.2, -0.15) is 0 Å². The van der Waals surface area contributed by atoms with Crippen LogP contribution in [0.5, 0.6) is 0 Å². The fourth-order valence-electron chi connectivity index (χ4n) is 3.35. The maximum absolute atomic E-state index is 12.6. The van der Waals surface area contributed by atoms with Crippen LogP contribution in [0, 0.1) is 6.92 Å². The zero-order valence-corrected chi connectivity index (χ0v) is 15.2. The maximum Gasteiger partial charge on any atom is 0.253 e. The third-order valence-corrected chi connectivity index (χ3v) is 4.77. The van der Waals surface area contributed by atoms with Crippen molar-refractivity contribution < 1.29 is 4.79 Å². The van der Waals surface area contributed by atoms with E-state index in [1.54, 1.807) is 12.5 Å². The molecule has 0 bridgehead atoms. The van der Waals surface area contributed by atoms with Crippen molar-refractivity contribution in [1.29, 1.82) is 0 Å². The molecule has 0 aliphatic carbocycles. The van der Waals surface area contributed by atoms with Gasteiger partial charge in [-0.3, -0.25) is 4.79 Å². The van der Waals surface area contributed by atoms with Gasteiger partial charge in [0.15, 0.2) is 0 Å². The quantitative estimate of drug-likeness (QED) is 0.771. The van der Waals surface area contributed by atoms with Crippen LogP contribution in [0.15, 0.2) is 61.1 Å². The second-order valence-corrected chi connectivity index (χ2v) is 6.77. The summed E-state index contributed by atoms with van der Waals surface area (Å²) in [6, 6.07) is 15.3. The minimum absolute atomic E-state index is 0.0782. The molecule has 136 valence electrons. The molecule has 6 heteroatoms. The number of aryl methyl sites for hydroxylation is 1. The van der Waals surface area contributed by atoms with Crippen LogP contribution in [-0.4, -0.2) is 38.8 Å². The average Bonchev–Trinajstić information content (AvgIpc) is 3.19. The number of hydrogen-bond acceptors (Lipinski definition) is 5. The van der Waals surface area contributed by atoms with Gasteiger partial charge in [-0.05, 0) is 43.2 Å². The van der Waals surface area contributed by atoms with Gasteiger partial charge in [-0.1, -0.05) is 18.2 Å². The number of pyridine rings is 1. The molecule has 0 spiro atoms. The molecule has 1 unspecified atom stereocenters. The van der Waals surface area contributed by atoms with E-state index in [1.807, 2.05) is 60.4 Å². The Hall–Kier alpha value is -3.28. The van der Waals surface area contributed by atoms with Crippen molar-refractivity contribution in [2.75, 3.05) is 18.4 Å². The van der Waals surface area contributed by atoms with Crippen LogP contribution in [0.2, 0.25) is 0 Å². The van der Waals surface area contributed by atoms with E-state index in [0.717, 1.165) is 35.6 Å². The largest absolute Gasteiger partial charge is 0.338 e. The summed E-state index contributed by atoms with van der Waals surface area (Å²) in [5, 5.41) is 3.23. The number of rotatable bonds is 4. The van der Waals surface area contributed by atoms with E-state index in [4.69, 9.17) is 0 Å². The van der Waals surface area contributed by atoms with Gasteiger partial charge in [0, 0.05) is 36.8 Å². The van der Waals surface area contributed by atoms with Crippen LogP contribution < -0.4 is 5.32 Å². The topological polar surface area (TPSA) is 71.0 Å². The number of likely N-dealkylation sites (tertiary alicyclic amines) is 1. The van der Waals surface area contributed by atoms with Crippen molar-refractivity contribution in [2.24, 2.45) is 0 Å². The molecule has 1 aliphatic heterocycles. The number of nitrogens with zero attached hydrogens (tertiary/aromatic N) is 4. The normalized spacial score (nSPS) is 16.3. The van der Waals surface area contributed by atoms with Crippen molar-refractivity contribution in [1.82, 2.24) is 19.9 Å². The predicted octanol–water partition coefficient (Wildman–Crippen LogP) is 3.55. The highest BCUT2D eigenvalue weighted by Gasteiger charge is 2.29. The highest BCUT2D eigenvalue weighted by molar-refractivity contribution is 5.94. The van der Waals surface area contributed by atoms with Gasteiger partial charge in [0.05, 0.1) is 5.69 Å². The van der Waals surface area contributed by atoms with E-state index in [1.165, 1.54) is 0 Å². The van der Waals surface area contributed by atoms with E-state index in [2.05, 4.69) is 20.3 Å². The first-order valence-electron chi connectivity index (χ1n) is 9.05. The van der Waals surface area contributed by atoms with Gasteiger partial charge in [0.2, 0.25) is 0 Å². The summed E-state index contributed by atoms with van der Waals surface area (Å²) in [4.78, 5) is 27.6. The summed E-state index contributed by atoms with van der Waals surface area (Å²) in [6.45, 7) is 3.44. The first-order valence-corrected chi connectivity index (χ1v) is 9.05. The first-order chi connectivity index (χ1) is 13.2. The van der Waals surface area contributed by atoms with Crippen LogP contribution in [0.1, 0.15) is 34.0 Å². The van der Waals surface area contributed by atoms with Crippen LogP contribution >= 0.6 is 0 Å². The van der Waals surface area contributed by atoms with E-state index in [9.17, 15) is 4.79 Å². The van der Waals surface area contributed by atoms with E-state index in [0.29, 0.717) is 12.4 Å². The zero-order chi connectivity index (χ0) is 18.6. The lowest BCUT2D eigenvalue weighted by atomic mass is 10.0. The highest BCUT2D eigenvalue weighted by atomic mass is 16.2.